The molecule has 0 spiro atoms. The number of hydrogen-bond donors (Lipinski definition) is 2. The summed E-state index contributed by atoms with van der Waals surface area (Å²) in [5.74, 6) is -0.910. The van der Waals surface area contributed by atoms with Gasteiger partial charge in [0.05, 0.1) is 18.4 Å². The highest BCUT2D eigenvalue weighted by Crippen LogP contribution is 2.32. The van der Waals surface area contributed by atoms with Crippen molar-refractivity contribution in [2.75, 3.05) is 7.11 Å². The minimum Gasteiger partial charge on any atom is -0.465 e. The highest BCUT2D eigenvalue weighted by atomic mass is 32.2. The molecular formula is C15H16F3N3O4S. The van der Waals surface area contributed by atoms with E-state index in [0.29, 0.717) is 0 Å². The number of carbonyl (C=O) groups excluding carboxylic acids is 1. The lowest BCUT2D eigenvalue weighted by Crippen LogP contribution is -2.27. The van der Waals surface area contributed by atoms with E-state index in [1.165, 1.54) is 12.1 Å². The first-order valence-electron chi connectivity index (χ1n) is 7.42. The number of ether oxygens (including phenoxy) is 1. The molecule has 0 aliphatic carbocycles. The largest absolute Gasteiger partial charge is 0.465 e. The van der Waals surface area contributed by atoms with Crippen LogP contribution in [0.5, 0.6) is 0 Å². The SMILES string of the molecule is CCc1[nH]nc(S(=O)(=O)NCc2ccccc2C(F)(F)F)c1C(=O)OC. The molecule has 0 atom stereocenters. The summed E-state index contributed by atoms with van der Waals surface area (Å²) in [5.41, 5.74) is -1.24. The van der Waals surface area contributed by atoms with E-state index >= 15 is 0 Å². The van der Waals surface area contributed by atoms with Gasteiger partial charge in [0.1, 0.15) is 5.56 Å². The van der Waals surface area contributed by atoms with Gasteiger partial charge in [0, 0.05) is 6.54 Å². The number of aryl methyl sites for hydroxylation is 1. The number of hydrogen-bond acceptors (Lipinski definition) is 5. The number of aromatic amines is 1. The van der Waals surface area contributed by atoms with Gasteiger partial charge in [-0.05, 0) is 18.1 Å². The zero-order valence-corrected chi connectivity index (χ0v) is 14.7. The van der Waals surface area contributed by atoms with Gasteiger partial charge in [0.15, 0.2) is 0 Å². The minimum atomic E-state index is -4.62. The lowest BCUT2D eigenvalue weighted by atomic mass is 10.1. The van der Waals surface area contributed by atoms with Crippen molar-refractivity contribution in [1.82, 2.24) is 14.9 Å². The molecular weight excluding hydrogens is 375 g/mol. The van der Waals surface area contributed by atoms with Crippen LogP contribution in [0.3, 0.4) is 0 Å². The Labute approximate surface area is 147 Å². The highest BCUT2D eigenvalue weighted by Gasteiger charge is 2.34. The smallest absolute Gasteiger partial charge is 0.416 e. The topological polar surface area (TPSA) is 101 Å². The van der Waals surface area contributed by atoms with Crippen molar-refractivity contribution in [3.63, 3.8) is 0 Å². The van der Waals surface area contributed by atoms with Crippen LogP contribution in [0.4, 0.5) is 13.2 Å². The number of nitrogens with one attached hydrogen (secondary N) is 2. The predicted octanol–water partition coefficient (Wildman–Crippen LogP) is 2.26. The average molecular weight is 391 g/mol. The number of benzene rings is 1. The monoisotopic (exact) mass is 391 g/mol. The lowest BCUT2D eigenvalue weighted by molar-refractivity contribution is -0.138. The molecule has 0 saturated heterocycles. The van der Waals surface area contributed by atoms with Crippen LogP contribution >= 0.6 is 0 Å². The van der Waals surface area contributed by atoms with Gasteiger partial charge < -0.3 is 4.74 Å². The van der Waals surface area contributed by atoms with Crippen LogP contribution in [0, 0.1) is 0 Å². The second kappa shape index (κ2) is 7.46. The maximum Gasteiger partial charge on any atom is 0.416 e. The number of alkyl halides is 3. The molecule has 0 saturated carbocycles. The second-order valence-corrected chi connectivity index (χ2v) is 6.89. The van der Waals surface area contributed by atoms with Crippen LogP contribution < -0.4 is 4.72 Å². The van der Waals surface area contributed by atoms with Crippen molar-refractivity contribution in [3.05, 3.63) is 46.6 Å². The Morgan fingerprint density at radius 1 is 1.31 bits per heavy atom. The van der Waals surface area contributed by atoms with Crippen LogP contribution in [0.1, 0.15) is 34.1 Å². The first kappa shape index (κ1) is 19.9. The Bertz CT molecular complexity index is 907. The van der Waals surface area contributed by atoms with Crippen LogP contribution in [0.15, 0.2) is 29.3 Å². The molecule has 0 unspecified atom stereocenters. The van der Waals surface area contributed by atoms with E-state index in [4.69, 9.17) is 0 Å². The number of sulfonamides is 1. The molecule has 0 aliphatic rings. The quantitative estimate of drug-likeness (QED) is 0.736. The maximum atomic E-state index is 13.0. The normalized spacial score (nSPS) is 12.2. The van der Waals surface area contributed by atoms with Gasteiger partial charge >= 0.3 is 12.1 Å². The summed E-state index contributed by atoms with van der Waals surface area (Å²) in [6.45, 7) is 1.05. The molecule has 2 rings (SSSR count). The number of rotatable bonds is 6. The van der Waals surface area contributed by atoms with E-state index < -0.39 is 39.3 Å². The summed E-state index contributed by atoms with van der Waals surface area (Å²) in [6, 6.07) is 4.59. The fourth-order valence-electron chi connectivity index (χ4n) is 2.31. The van der Waals surface area contributed by atoms with Crippen molar-refractivity contribution in [2.24, 2.45) is 0 Å². The molecule has 0 aliphatic heterocycles. The summed E-state index contributed by atoms with van der Waals surface area (Å²) in [7, 11) is -3.27. The molecule has 142 valence electrons. The van der Waals surface area contributed by atoms with Gasteiger partial charge in [-0.2, -0.15) is 18.3 Å². The molecule has 26 heavy (non-hydrogen) atoms. The van der Waals surface area contributed by atoms with Gasteiger partial charge in [0.25, 0.3) is 10.0 Å². The maximum absolute atomic E-state index is 13.0. The van der Waals surface area contributed by atoms with Crippen LogP contribution in [-0.2, 0) is 33.9 Å². The molecule has 2 N–H and O–H groups in total. The lowest BCUT2D eigenvalue weighted by Gasteiger charge is -2.13. The van der Waals surface area contributed by atoms with E-state index in [1.54, 1.807) is 6.92 Å². The third-order valence-corrected chi connectivity index (χ3v) is 4.91. The first-order valence-corrected chi connectivity index (χ1v) is 8.90. The zero-order valence-electron chi connectivity index (χ0n) is 13.8. The molecule has 0 bridgehead atoms. The minimum absolute atomic E-state index is 0.243. The standard InChI is InChI=1S/C15H16F3N3O4S/c1-3-11-12(14(22)25-2)13(21-20-11)26(23,24)19-8-9-6-4-5-7-10(9)15(16,17)18/h4-7,19H,3,8H2,1-2H3,(H,20,21). The Hall–Kier alpha value is -2.40. The third kappa shape index (κ3) is 4.05. The summed E-state index contributed by atoms with van der Waals surface area (Å²) >= 11 is 0. The van der Waals surface area contributed by atoms with Crippen molar-refractivity contribution >= 4 is 16.0 Å². The third-order valence-electron chi connectivity index (χ3n) is 3.58. The Morgan fingerprint density at radius 3 is 2.54 bits per heavy atom. The summed E-state index contributed by atoms with van der Waals surface area (Å²) in [4.78, 5) is 11.9. The van der Waals surface area contributed by atoms with Crippen molar-refractivity contribution in [1.29, 1.82) is 0 Å². The first-order chi connectivity index (χ1) is 12.1. The fraction of sp³-hybridized carbons (Fsp3) is 0.333. The fourth-order valence-corrected chi connectivity index (χ4v) is 3.44. The van der Waals surface area contributed by atoms with E-state index in [-0.39, 0.29) is 23.2 Å². The summed E-state index contributed by atoms with van der Waals surface area (Å²) in [6.07, 6.45) is -4.34. The number of aromatic nitrogens is 2. The molecule has 0 amide bonds. The van der Waals surface area contributed by atoms with E-state index in [0.717, 1.165) is 19.2 Å². The molecule has 2 aromatic rings. The van der Waals surface area contributed by atoms with Gasteiger partial charge in [-0.3, -0.25) is 5.10 Å². The van der Waals surface area contributed by atoms with Crippen molar-refractivity contribution in [3.8, 4) is 0 Å². The molecule has 0 fully saturated rings. The van der Waals surface area contributed by atoms with Crippen LogP contribution in [0.25, 0.3) is 0 Å². The number of carbonyl (C=O) groups is 1. The van der Waals surface area contributed by atoms with Gasteiger partial charge in [-0.25, -0.2) is 17.9 Å². The summed E-state index contributed by atoms with van der Waals surface area (Å²) in [5, 5.41) is 5.42. The van der Waals surface area contributed by atoms with E-state index in [9.17, 15) is 26.4 Å². The van der Waals surface area contributed by atoms with Crippen molar-refractivity contribution in [2.45, 2.75) is 31.1 Å². The van der Waals surface area contributed by atoms with Crippen LogP contribution in [0.2, 0.25) is 0 Å². The van der Waals surface area contributed by atoms with Gasteiger partial charge in [-0.15, -0.1) is 0 Å². The number of methoxy groups -OCH3 is 1. The Balaban J connectivity index is 2.35. The number of nitrogens with zero attached hydrogens (tertiary/aromatic N) is 1. The molecule has 1 heterocycles. The predicted molar refractivity (Wildman–Crippen MR) is 84.8 cm³/mol. The molecule has 1 aromatic carbocycles. The van der Waals surface area contributed by atoms with Gasteiger partial charge in [0.2, 0.25) is 5.03 Å². The Morgan fingerprint density at radius 2 is 1.96 bits per heavy atom. The number of esters is 1. The highest BCUT2D eigenvalue weighted by molar-refractivity contribution is 7.89. The van der Waals surface area contributed by atoms with Gasteiger partial charge in [-0.1, -0.05) is 25.1 Å². The second-order valence-electron chi connectivity index (χ2n) is 5.21. The van der Waals surface area contributed by atoms with Crippen molar-refractivity contribution < 1.29 is 31.1 Å². The van der Waals surface area contributed by atoms with E-state index in [2.05, 4.69) is 14.9 Å². The van der Waals surface area contributed by atoms with Crippen LogP contribution in [-0.4, -0.2) is 31.7 Å². The summed E-state index contributed by atoms with van der Waals surface area (Å²) < 4.78 is 70.5. The molecule has 0 radical (unpaired) electrons. The molecule has 11 heteroatoms. The molecule has 7 nitrogen and oxygen atoms in total. The van der Waals surface area contributed by atoms with E-state index in [1.807, 2.05) is 4.72 Å². The molecule has 1 aromatic heterocycles. The zero-order chi connectivity index (χ0) is 19.5. The Kier molecular flexibility index (Phi) is 5.71. The number of halogens is 3. The average Bonchev–Trinajstić information content (AvgIpc) is 3.04. The number of H-pyrrole nitrogens is 1.